The van der Waals surface area contributed by atoms with Gasteiger partial charge in [0.05, 0.1) is 0 Å². The Morgan fingerprint density at radius 1 is 1.40 bits per heavy atom. The van der Waals surface area contributed by atoms with Gasteiger partial charge in [0.25, 0.3) is 0 Å². The van der Waals surface area contributed by atoms with Crippen LogP contribution < -0.4 is 16.0 Å². The molecule has 1 aromatic carbocycles. The molecule has 1 saturated heterocycles. The zero-order valence-corrected chi connectivity index (χ0v) is 8.73. The van der Waals surface area contributed by atoms with E-state index in [2.05, 4.69) is 5.32 Å². The minimum Gasteiger partial charge on any atom is -0.336 e. The lowest BCUT2D eigenvalue weighted by Gasteiger charge is -2.15. The first-order valence-electron chi connectivity index (χ1n) is 5.09. The van der Waals surface area contributed by atoms with Gasteiger partial charge in [0, 0.05) is 24.8 Å². The van der Waals surface area contributed by atoms with Crippen molar-refractivity contribution < 1.29 is 4.79 Å². The van der Waals surface area contributed by atoms with Crippen molar-refractivity contribution in [3.63, 3.8) is 0 Å². The molecule has 4 nitrogen and oxygen atoms in total. The van der Waals surface area contributed by atoms with Crippen LogP contribution in [0.1, 0.15) is 18.5 Å². The summed E-state index contributed by atoms with van der Waals surface area (Å²) >= 11 is 0. The highest BCUT2D eigenvalue weighted by molar-refractivity contribution is 5.93. The van der Waals surface area contributed by atoms with E-state index in [4.69, 9.17) is 5.73 Å². The Labute approximate surface area is 89.1 Å². The Balaban J connectivity index is 2.19. The first-order chi connectivity index (χ1) is 7.18. The van der Waals surface area contributed by atoms with Crippen LogP contribution in [0.5, 0.6) is 0 Å². The number of hydrogen-bond donors (Lipinski definition) is 2. The second kappa shape index (κ2) is 3.90. The molecule has 80 valence electrons. The molecule has 0 spiro atoms. The smallest absolute Gasteiger partial charge is 0.321 e. The van der Waals surface area contributed by atoms with Gasteiger partial charge in [-0.15, -0.1) is 0 Å². The number of nitrogens with two attached hydrogens (primary N) is 1. The van der Waals surface area contributed by atoms with Crippen molar-refractivity contribution in [2.24, 2.45) is 5.73 Å². The van der Waals surface area contributed by atoms with Gasteiger partial charge in [-0.1, -0.05) is 12.1 Å². The van der Waals surface area contributed by atoms with Gasteiger partial charge in [0.15, 0.2) is 0 Å². The molecular formula is C11H15N3O. The Morgan fingerprint density at radius 3 is 2.53 bits per heavy atom. The average Bonchev–Trinajstić information content (AvgIpc) is 2.65. The summed E-state index contributed by atoms with van der Waals surface area (Å²) in [5.41, 5.74) is 7.76. The van der Waals surface area contributed by atoms with Crippen LogP contribution in [0.2, 0.25) is 0 Å². The van der Waals surface area contributed by atoms with Gasteiger partial charge in [-0.2, -0.15) is 0 Å². The van der Waals surface area contributed by atoms with Gasteiger partial charge in [0.1, 0.15) is 0 Å². The topological polar surface area (TPSA) is 58.4 Å². The van der Waals surface area contributed by atoms with Gasteiger partial charge in [-0.05, 0) is 24.6 Å². The summed E-state index contributed by atoms with van der Waals surface area (Å²) in [5, 5.41) is 2.77. The number of rotatable bonds is 2. The van der Waals surface area contributed by atoms with Crippen LogP contribution in [0.3, 0.4) is 0 Å². The summed E-state index contributed by atoms with van der Waals surface area (Å²) in [6, 6.07) is 7.81. The van der Waals surface area contributed by atoms with Crippen molar-refractivity contribution in [1.82, 2.24) is 5.32 Å². The lowest BCUT2D eigenvalue weighted by Crippen LogP contribution is -2.27. The zero-order valence-electron chi connectivity index (χ0n) is 8.73. The largest absolute Gasteiger partial charge is 0.336 e. The molecule has 2 rings (SSSR count). The fourth-order valence-corrected chi connectivity index (χ4v) is 1.68. The van der Waals surface area contributed by atoms with E-state index in [1.807, 2.05) is 31.2 Å². The van der Waals surface area contributed by atoms with E-state index in [9.17, 15) is 4.79 Å². The molecule has 0 aromatic heterocycles. The molecule has 1 fully saturated rings. The molecule has 1 atom stereocenters. The maximum Gasteiger partial charge on any atom is 0.321 e. The summed E-state index contributed by atoms with van der Waals surface area (Å²) < 4.78 is 0. The summed E-state index contributed by atoms with van der Waals surface area (Å²) in [6.45, 7) is 3.39. The minimum absolute atomic E-state index is 0.0245. The van der Waals surface area contributed by atoms with Gasteiger partial charge in [0.2, 0.25) is 0 Å². The van der Waals surface area contributed by atoms with Crippen molar-refractivity contribution in [2.45, 2.75) is 13.0 Å². The molecule has 1 aromatic rings. The number of hydrogen-bond acceptors (Lipinski definition) is 2. The number of benzene rings is 1. The maximum atomic E-state index is 11.4. The SMILES string of the molecule is C[C@@H](N)c1ccc(N2CCNC2=O)cc1. The highest BCUT2D eigenvalue weighted by Crippen LogP contribution is 2.19. The van der Waals surface area contributed by atoms with E-state index in [0.29, 0.717) is 6.54 Å². The van der Waals surface area contributed by atoms with Crippen LogP contribution in [-0.4, -0.2) is 19.1 Å². The molecule has 4 heteroatoms. The number of urea groups is 1. The van der Waals surface area contributed by atoms with Crippen molar-refractivity contribution >= 4 is 11.7 Å². The second-order valence-electron chi connectivity index (χ2n) is 3.76. The van der Waals surface area contributed by atoms with Crippen molar-refractivity contribution in [3.05, 3.63) is 29.8 Å². The van der Waals surface area contributed by atoms with Gasteiger partial charge >= 0.3 is 6.03 Å². The third-order valence-electron chi connectivity index (χ3n) is 2.59. The lowest BCUT2D eigenvalue weighted by atomic mass is 10.1. The van der Waals surface area contributed by atoms with E-state index < -0.39 is 0 Å². The Morgan fingerprint density at radius 2 is 2.07 bits per heavy atom. The predicted molar refractivity (Wildman–Crippen MR) is 59.8 cm³/mol. The molecule has 1 aliphatic rings. The lowest BCUT2D eigenvalue weighted by molar-refractivity contribution is 0.252. The fraction of sp³-hybridized carbons (Fsp3) is 0.364. The quantitative estimate of drug-likeness (QED) is 0.763. The molecule has 0 bridgehead atoms. The highest BCUT2D eigenvalue weighted by Gasteiger charge is 2.20. The summed E-state index contributed by atoms with van der Waals surface area (Å²) in [4.78, 5) is 13.1. The molecule has 0 radical (unpaired) electrons. The molecule has 1 heterocycles. The standard InChI is InChI=1S/C11H15N3O/c1-8(12)9-2-4-10(5-3-9)14-7-6-13-11(14)15/h2-5,8H,6-7,12H2,1H3,(H,13,15)/t8-/m1/s1. The van der Waals surface area contributed by atoms with Gasteiger partial charge in [-0.3, -0.25) is 4.90 Å². The normalized spacial score (nSPS) is 17.7. The molecular weight excluding hydrogens is 190 g/mol. The van der Waals surface area contributed by atoms with Crippen LogP contribution in [0, 0.1) is 0 Å². The number of anilines is 1. The van der Waals surface area contributed by atoms with E-state index in [0.717, 1.165) is 17.8 Å². The third-order valence-corrected chi connectivity index (χ3v) is 2.59. The number of amides is 2. The summed E-state index contributed by atoms with van der Waals surface area (Å²) in [7, 11) is 0. The van der Waals surface area contributed by atoms with Crippen molar-refractivity contribution in [1.29, 1.82) is 0 Å². The molecule has 2 amide bonds. The van der Waals surface area contributed by atoms with Crippen LogP contribution in [0.15, 0.2) is 24.3 Å². The third kappa shape index (κ3) is 1.94. The Kier molecular flexibility index (Phi) is 2.60. The number of carbonyl (C=O) groups is 1. The molecule has 15 heavy (non-hydrogen) atoms. The van der Waals surface area contributed by atoms with Crippen LogP contribution >= 0.6 is 0 Å². The predicted octanol–water partition coefficient (Wildman–Crippen LogP) is 1.24. The van der Waals surface area contributed by atoms with Gasteiger partial charge in [-0.25, -0.2) is 4.79 Å². The first kappa shape index (κ1) is 9.98. The van der Waals surface area contributed by atoms with E-state index in [1.165, 1.54) is 0 Å². The molecule has 0 aliphatic carbocycles. The van der Waals surface area contributed by atoms with Crippen LogP contribution in [-0.2, 0) is 0 Å². The number of nitrogens with one attached hydrogen (secondary N) is 1. The highest BCUT2D eigenvalue weighted by atomic mass is 16.2. The molecule has 0 unspecified atom stereocenters. The van der Waals surface area contributed by atoms with Crippen LogP contribution in [0.25, 0.3) is 0 Å². The second-order valence-corrected chi connectivity index (χ2v) is 3.76. The monoisotopic (exact) mass is 205 g/mol. The Hall–Kier alpha value is -1.55. The first-order valence-corrected chi connectivity index (χ1v) is 5.09. The van der Waals surface area contributed by atoms with E-state index >= 15 is 0 Å². The average molecular weight is 205 g/mol. The Bertz CT molecular complexity index is 359. The molecule has 3 N–H and O–H groups in total. The molecule has 1 aliphatic heterocycles. The fourth-order valence-electron chi connectivity index (χ4n) is 1.68. The van der Waals surface area contributed by atoms with E-state index in [1.54, 1.807) is 4.90 Å². The van der Waals surface area contributed by atoms with Gasteiger partial charge < -0.3 is 11.1 Å². The molecule has 0 saturated carbocycles. The van der Waals surface area contributed by atoms with Crippen molar-refractivity contribution in [2.75, 3.05) is 18.0 Å². The zero-order chi connectivity index (χ0) is 10.8. The van der Waals surface area contributed by atoms with Crippen LogP contribution in [0.4, 0.5) is 10.5 Å². The van der Waals surface area contributed by atoms with E-state index in [-0.39, 0.29) is 12.1 Å². The number of carbonyl (C=O) groups excluding carboxylic acids is 1. The minimum atomic E-state index is -0.0245. The number of nitrogens with zero attached hydrogens (tertiary/aromatic N) is 1. The van der Waals surface area contributed by atoms with Crippen molar-refractivity contribution in [3.8, 4) is 0 Å². The summed E-state index contributed by atoms with van der Waals surface area (Å²) in [6.07, 6.45) is 0. The maximum absolute atomic E-state index is 11.4. The summed E-state index contributed by atoms with van der Waals surface area (Å²) in [5.74, 6) is 0.